The highest BCUT2D eigenvalue weighted by Crippen LogP contribution is 2.55. The van der Waals surface area contributed by atoms with E-state index in [1.54, 1.807) is 23.9 Å². The molecule has 1 saturated heterocycles. The summed E-state index contributed by atoms with van der Waals surface area (Å²) in [6.07, 6.45) is 5.45. The van der Waals surface area contributed by atoms with Crippen LogP contribution in [0.3, 0.4) is 0 Å². The van der Waals surface area contributed by atoms with Crippen molar-refractivity contribution in [2.45, 2.75) is 69.2 Å². The van der Waals surface area contributed by atoms with Gasteiger partial charge in [0.2, 0.25) is 0 Å². The summed E-state index contributed by atoms with van der Waals surface area (Å²) >= 11 is 0. The summed E-state index contributed by atoms with van der Waals surface area (Å²) in [6.45, 7) is 1.18. The van der Waals surface area contributed by atoms with Crippen molar-refractivity contribution in [1.29, 1.82) is 0 Å². The number of halogens is 1. The number of ether oxygens (including phenoxy) is 1. The van der Waals surface area contributed by atoms with Crippen molar-refractivity contribution >= 4 is 17.8 Å². The Balaban J connectivity index is 1.10. The summed E-state index contributed by atoms with van der Waals surface area (Å²) in [7, 11) is 3.42. The first-order valence-corrected chi connectivity index (χ1v) is 14.1. The molecule has 2 heterocycles. The minimum absolute atomic E-state index is 0.0503. The second-order valence-electron chi connectivity index (χ2n) is 12.2. The summed E-state index contributed by atoms with van der Waals surface area (Å²) in [5, 5.41) is 18.2. The predicted octanol–water partition coefficient (Wildman–Crippen LogP) is 3.47. The monoisotopic (exact) mass is 539 g/mol. The van der Waals surface area contributed by atoms with Crippen LogP contribution in [0.15, 0.2) is 30.3 Å². The lowest BCUT2D eigenvalue weighted by molar-refractivity contribution is -0.137. The third kappa shape index (κ3) is 4.99. The number of benzene rings is 1. The lowest BCUT2D eigenvalue weighted by Crippen LogP contribution is -2.61. The number of hydrogen-bond donors (Lipinski definition) is 2. The molecule has 39 heavy (non-hydrogen) atoms. The van der Waals surface area contributed by atoms with Gasteiger partial charge in [-0.3, -0.25) is 4.79 Å². The fourth-order valence-corrected chi connectivity index (χ4v) is 7.87. The molecule has 2 aromatic rings. The average Bonchev–Trinajstić information content (AvgIpc) is 3.22. The van der Waals surface area contributed by atoms with E-state index in [4.69, 9.17) is 4.74 Å². The molecule has 4 saturated carbocycles. The van der Waals surface area contributed by atoms with Crippen LogP contribution in [-0.2, 0) is 18.4 Å². The molecule has 210 valence electrons. The Kier molecular flexibility index (Phi) is 6.77. The van der Waals surface area contributed by atoms with Crippen molar-refractivity contribution in [1.82, 2.24) is 20.0 Å². The van der Waals surface area contributed by atoms with Crippen molar-refractivity contribution in [2.75, 3.05) is 25.0 Å². The number of rotatable bonds is 6. The maximum Gasteiger partial charge on any atom is 0.410 e. The summed E-state index contributed by atoms with van der Waals surface area (Å²) in [4.78, 5) is 29.4. The zero-order valence-corrected chi connectivity index (χ0v) is 22.7. The van der Waals surface area contributed by atoms with Crippen molar-refractivity contribution in [3.63, 3.8) is 0 Å². The van der Waals surface area contributed by atoms with Gasteiger partial charge in [-0.1, -0.05) is 30.3 Å². The van der Waals surface area contributed by atoms with Crippen molar-refractivity contribution in [2.24, 2.45) is 24.8 Å². The summed E-state index contributed by atoms with van der Waals surface area (Å²) < 4.78 is 22.7. The van der Waals surface area contributed by atoms with Gasteiger partial charge in [0.05, 0.1) is 5.60 Å². The fourth-order valence-electron chi connectivity index (χ4n) is 7.87. The Morgan fingerprint density at radius 1 is 1.21 bits per heavy atom. The van der Waals surface area contributed by atoms with Gasteiger partial charge >= 0.3 is 6.09 Å². The molecule has 2 amide bonds. The van der Waals surface area contributed by atoms with Gasteiger partial charge in [0.25, 0.3) is 5.91 Å². The first-order valence-electron chi connectivity index (χ1n) is 14.1. The van der Waals surface area contributed by atoms with Gasteiger partial charge in [0.1, 0.15) is 6.61 Å². The second-order valence-corrected chi connectivity index (χ2v) is 12.2. The highest BCUT2D eigenvalue weighted by atomic mass is 19.1. The molecule has 0 spiro atoms. The predicted molar refractivity (Wildman–Crippen MR) is 143 cm³/mol. The minimum atomic E-state index is -0.649. The van der Waals surface area contributed by atoms with Crippen LogP contribution >= 0.6 is 0 Å². The third-order valence-electron chi connectivity index (χ3n) is 9.46. The molecule has 0 radical (unpaired) electrons. The van der Waals surface area contributed by atoms with Crippen LogP contribution in [0.2, 0.25) is 0 Å². The van der Waals surface area contributed by atoms with Crippen LogP contribution < -0.4 is 10.2 Å². The topological polar surface area (TPSA) is 99.9 Å². The number of carbonyl (C=O) groups excluding carboxylic acids is 2. The van der Waals surface area contributed by atoms with Gasteiger partial charge in [-0.15, -0.1) is 0 Å². The number of aryl methyl sites for hydroxylation is 1. The van der Waals surface area contributed by atoms with Crippen LogP contribution in [0, 0.1) is 23.6 Å². The van der Waals surface area contributed by atoms with Gasteiger partial charge < -0.3 is 25.0 Å². The Labute approximate surface area is 228 Å². The third-order valence-corrected chi connectivity index (χ3v) is 9.46. The number of anilines is 1. The van der Waals surface area contributed by atoms with E-state index in [1.807, 2.05) is 30.3 Å². The molecule has 1 aromatic heterocycles. The van der Waals surface area contributed by atoms with Crippen molar-refractivity contribution < 1.29 is 23.8 Å². The fraction of sp³-hybridized carbons (Fsp3) is 0.621. The van der Waals surface area contributed by atoms with E-state index in [1.165, 1.54) is 4.68 Å². The highest BCUT2D eigenvalue weighted by molar-refractivity contribution is 5.93. The SMILES string of the molecule is CN(c1c(F)c(C(=O)NC2C3CC4CC2CC(O)(C4)C3)nn1C)[C@H]1CCCN(C(=O)OCc2ccccc2)C1. The van der Waals surface area contributed by atoms with Gasteiger partial charge in [0, 0.05) is 39.3 Å². The van der Waals surface area contributed by atoms with Crippen LogP contribution in [0.1, 0.15) is 61.0 Å². The molecule has 2 N–H and O–H groups in total. The molecule has 4 bridgehead atoms. The zero-order valence-electron chi connectivity index (χ0n) is 22.7. The number of hydrogen-bond acceptors (Lipinski definition) is 6. The number of amides is 2. The van der Waals surface area contributed by atoms with Gasteiger partial charge in [0.15, 0.2) is 17.3 Å². The molecule has 5 aliphatic rings. The maximum absolute atomic E-state index is 15.8. The molecule has 9 nitrogen and oxygen atoms in total. The van der Waals surface area contributed by atoms with E-state index in [2.05, 4.69) is 10.4 Å². The molecular formula is C29H38FN5O4. The Morgan fingerprint density at radius 2 is 1.92 bits per heavy atom. The Bertz CT molecular complexity index is 1220. The van der Waals surface area contributed by atoms with E-state index >= 15 is 4.39 Å². The summed E-state index contributed by atoms with van der Waals surface area (Å²) in [6, 6.07) is 9.34. The second kappa shape index (κ2) is 10.1. The van der Waals surface area contributed by atoms with E-state index in [0.29, 0.717) is 31.8 Å². The van der Waals surface area contributed by atoms with E-state index in [0.717, 1.165) is 37.7 Å². The van der Waals surface area contributed by atoms with Crippen molar-refractivity contribution in [3.05, 3.63) is 47.4 Å². The molecule has 5 fully saturated rings. The Morgan fingerprint density at radius 3 is 2.62 bits per heavy atom. The number of likely N-dealkylation sites (tertiary alicyclic amines) is 1. The quantitative estimate of drug-likeness (QED) is 0.583. The summed E-state index contributed by atoms with van der Waals surface area (Å²) in [5.41, 5.74) is 0.122. The van der Waals surface area contributed by atoms with E-state index in [-0.39, 0.29) is 48.1 Å². The van der Waals surface area contributed by atoms with Crippen LogP contribution in [0.25, 0.3) is 0 Å². The summed E-state index contributed by atoms with van der Waals surface area (Å²) in [5.74, 6) is 0.0656. The number of nitrogens with one attached hydrogen (secondary N) is 1. The standard InChI is InChI=1S/C29H38FN5O4/c1-33(22-9-6-10-35(16-22)28(37)39-17-18-7-4-3-5-8-18)27-23(30)25(32-34(27)2)26(36)31-24-20-11-19-12-21(24)15-29(38,13-19)14-20/h3-5,7-8,19-22,24,38H,6,9-17H2,1-2H3,(H,31,36)/t19?,20?,21?,22-,24?,29?/m0/s1. The van der Waals surface area contributed by atoms with Gasteiger partial charge in [-0.25, -0.2) is 13.9 Å². The molecular weight excluding hydrogens is 501 g/mol. The van der Waals surface area contributed by atoms with Crippen LogP contribution in [-0.4, -0.2) is 69.6 Å². The smallest absolute Gasteiger partial charge is 0.410 e. The van der Waals surface area contributed by atoms with Crippen LogP contribution in [0.4, 0.5) is 15.0 Å². The molecule has 2 unspecified atom stereocenters. The number of nitrogens with zero attached hydrogens (tertiary/aromatic N) is 4. The molecule has 10 heteroatoms. The van der Waals surface area contributed by atoms with E-state index < -0.39 is 17.3 Å². The maximum atomic E-state index is 15.8. The molecule has 7 rings (SSSR count). The highest BCUT2D eigenvalue weighted by Gasteiger charge is 2.55. The Hall–Kier alpha value is -3.14. The zero-order chi connectivity index (χ0) is 27.3. The van der Waals surface area contributed by atoms with Gasteiger partial charge in [-0.05, 0) is 68.3 Å². The van der Waals surface area contributed by atoms with E-state index in [9.17, 15) is 14.7 Å². The molecule has 1 aromatic carbocycles. The number of likely N-dealkylation sites (N-methyl/N-ethyl adjacent to an activating group) is 1. The number of carbonyl (C=O) groups is 2. The lowest BCUT2D eigenvalue weighted by atomic mass is 9.52. The largest absolute Gasteiger partial charge is 0.445 e. The molecule has 4 aliphatic carbocycles. The number of aliphatic hydroxyl groups is 1. The lowest BCUT2D eigenvalue weighted by Gasteiger charge is -2.58. The normalized spacial score (nSPS) is 31.3. The van der Waals surface area contributed by atoms with Crippen molar-refractivity contribution in [3.8, 4) is 0 Å². The van der Waals surface area contributed by atoms with Gasteiger partial charge in [-0.2, -0.15) is 5.10 Å². The number of piperidine rings is 1. The first-order chi connectivity index (χ1) is 18.7. The minimum Gasteiger partial charge on any atom is -0.445 e. The average molecular weight is 540 g/mol. The number of aromatic nitrogens is 2. The molecule has 1 aliphatic heterocycles. The van der Waals surface area contributed by atoms with Crippen LogP contribution in [0.5, 0.6) is 0 Å². The first kappa shape index (κ1) is 26.1. The molecule has 3 atom stereocenters.